The van der Waals surface area contributed by atoms with E-state index in [-0.39, 0.29) is 17.9 Å². The average Bonchev–Trinajstić information content (AvgIpc) is 2.65. The van der Waals surface area contributed by atoms with Crippen molar-refractivity contribution in [2.45, 2.75) is 52.6 Å². The summed E-state index contributed by atoms with van der Waals surface area (Å²) in [4.78, 5) is 26.1. The van der Waals surface area contributed by atoms with Crippen molar-refractivity contribution in [1.82, 2.24) is 10.2 Å². The number of para-hydroxylation sites is 1. The molecule has 156 valence electrons. The standard InChI is InChI=1S/C22H34N2O4/c1-17(16-20(25)23-12-15-27-19-8-6-5-7-9-19)18-10-13-24(14-11-18)21(26)28-22(2,3)4/h5-9,17-18H,10-16H2,1-4H3,(H,23,25)/t17-/m0/s1. The maximum absolute atomic E-state index is 12.2. The minimum absolute atomic E-state index is 0.0544. The van der Waals surface area contributed by atoms with Crippen LogP contribution in [0.4, 0.5) is 4.79 Å². The molecule has 1 fully saturated rings. The Morgan fingerprint density at radius 2 is 1.82 bits per heavy atom. The van der Waals surface area contributed by atoms with Gasteiger partial charge in [0.1, 0.15) is 18.0 Å². The van der Waals surface area contributed by atoms with Gasteiger partial charge in [-0.25, -0.2) is 4.79 Å². The van der Waals surface area contributed by atoms with Crippen LogP contribution >= 0.6 is 0 Å². The van der Waals surface area contributed by atoms with Crippen LogP contribution in [0.3, 0.4) is 0 Å². The molecule has 1 aliphatic heterocycles. The molecule has 6 heteroatoms. The highest BCUT2D eigenvalue weighted by atomic mass is 16.6. The molecule has 1 aromatic carbocycles. The van der Waals surface area contributed by atoms with Gasteiger partial charge in [0.2, 0.25) is 5.91 Å². The van der Waals surface area contributed by atoms with Crippen LogP contribution < -0.4 is 10.1 Å². The molecule has 0 unspecified atom stereocenters. The smallest absolute Gasteiger partial charge is 0.410 e. The molecule has 1 heterocycles. The van der Waals surface area contributed by atoms with Crippen LogP contribution in [0.5, 0.6) is 5.75 Å². The van der Waals surface area contributed by atoms with Gasteiger partial charge < -0.3 is 19.7 Å². The van der Waals surface area contributed by atoms with Crippen molar-refractivity contribution < 1.29 is 19.1 Å². The van der Waals surface area contributed by atoms with Crippen LogP contribution in [-0.2, 0) is 9.53 Å². The Bertz CT molecular complexity index is 619. The predicted octanol–water partition coefficient (Wildman–Crippen LogP) is 3.85. The number of nitrogens with zero attached hydrogens (tertiary/aromatic N) is 1. The first-order valence-electron chi connectivity index (χ1n) is 10.2. The summed E-state index contributed by atoms with van der Waals surface area (Å²) >= 11 is 0. The zero-order valence-electron chi connectivity index (χ0n) is 17.6. The first-order chi connectivity index (χ1) is 13.2. The van der Waals surface area contributed by atoms with Gasteiger partial charge in [-0.2, -0.15) is 0 Å². The van der Waals surface area contributed by atoms with E-state index in [9.17, 15) is 9.59 Å². The number of carbonyl (C=O) groups excluding carboxylic acids is 2. The van der Waals surface area contributed by atoms with E-state index in [1.807, 2.05) is 51.1 Å². The second-order valence-corrected chi connectivity index (χ2v) is 8.50. The van der Waals surface area contributed by atoms with Crippen molar-refractivity contribution >= 4 is 12.0 Å². The molecule has 0 radical (unpaired) electrons. The lowest BCUT2D eigenvalue weighted by Crippen LogP contribution is -2.43. The Balaban J connectivity index is 1.63. The zero-order chi connectivity index (χ0) is 20.6. The number of rotatable bonds is 7. The van der Waals surface area contributed by atoms with Crippen LogP contribution in [0.15, 0.2) is 30.3 Å². The molecule has 2 rings (SSSR count). The second-order valence-electron chi connectivity index (χ2n) is 8.50. The predicted molar refractivity (Wildman–Crippen MR) is 109 cm³/mol. The molecule has 0 bridgehead atoms. The average molecular weight is 391 g/mol. The maximum Gasteiger partial charge on any atom is 0.410 e. The lowest BCUT2D eigenvalue weighted by Gasteiger charge is -2.35. The second kappa shape index (κ2) is 10.3. The lowest BCUT2D eigenvalue weighted by molar-refractivity contribution is -0.122. The summed E-state index contributed by atoms with van der Waals surface area (Å²) in [6, 6.07) is 9.57. The third-order valence-corrected chi connectivity index (χ3v) is 4.94. The molecule has 1 N–H and O–H groups in total. The fourth-order valence-electron chi connectivity index (χ4n) is 3.38. The molecule has 0 spiro atoms. The minimum atomic E-state index is -0.469. The van der Waals surface area contributed by atoms with Crippen LogP contribution in [0.1, 0.15) is 47.0 Å². The summed E-state index contributed by atoms with van der Waals surface area (Å²) in [6.45, 7) is 10.1. The summed E-state index contributed by atoms with van der Waals surface area (Å²) < 4.78 is 11.0. The first kappa shape index (κ1) is 22.1. The number of carbonyl (C=O) groups is 2. The van der Waals surface area contributed by atoms with E-state index in [1.165, 1.54) is 0 Å². The van der Waals surface area contributed by atoms with E-state index in [1.54, 1.807) is 4.90 Å². The van der Waals surface area contributed by atoms with E-state index >= 15 is 0 Å². The molecule has 6 nitrogen and oxygen atoms in total. The number of piperidine rings is 1. The highest BCUT2D eigenvalue weighted by Crippen LogP contribution is 2.27. The lowest BCUT2D eigenvalue weighted by atomic mass is 9.83. The molecule has 28 heavy (non-hydrogen) atoms. The van der Waals surface area contributed by atoms with Crippen LogP contribution in [0.25, 0.3) is 0 Å². The Morgan fingerprint density at radius 1 is 1.18 bits per heavy atom. The molecule has 1 atom stereocenters. The topological polar surface area (TPSA) is 67.9 Å². The summed E-state index contributed by atoms with van der Waals surface area (Å²) in [5, 5.41) is 2.93. The molecule has 2 amide bonds. The van der Waals surface area contributed by atoms with Crippen molar-refractivity contribution in [2.75, 3.05) is 26.2 Å². The number of hydrogen-bond acceptors (Lipinski definition) is 4. The third kappa shape index (κ3) is 7.79. The van der Waals surface area contributed by atoms with Crippen LogP contribution in [0, 0.1) is 11.8 Å². The third-order valence-electron chi connectivity index (χ3n) is 4.94. The van der Waals surface area contributed by atoms with Crippen molar-refractivity contribution in [3.63, 3.8) is 0 Å². The quantitative estimate of drug-likeness (QED) is 0.718. The van der Waals surface area contributed by atoms with E-state index in [4.69, 9.17) is 9.47 Å². The molecule has 0 saturated carbocycles. The normalized spacial score (nSPS) is 16.4. The van der Waals surface area contributed by atoms with Crippen molar-refractivity contribution in [2.24, 2.45) is 11.8 Å². The molecule has 0 aliphatic carbocycles. The summed E-state index contributed by atoms with van der Waals surface area (Å²) in [5.74, 6) is 1.60. The summed E-state index contributed by atoms with van der Waals surface area (Å²) in [6.07, 6.45) is 2.08. The van der Waals surface area contributed by atoms with Gasteiger partial charge in [0.25, 0.3) is 0 Å². The Labute approximate surface area is 168 Å². The van der Waals surface area contributed by atoms with Crippen LogP contribution in [0.2, 0.25) is 0 Å². The summed E-state index contributed by atoms with van der Waals surface area (Å²) in [7, 11) is 0. The van der Waals surface area contributed by atoms with Gasteiger partial charge in [-0.3, -0.25) is 4.79 Å². The molecule has 1 aliphatic rings. The van der Waals surface area contributed by atoms with Gasteiger partial charge in [-0.05, 0) is 57.6 Å². The van der Waals surface area contributed by atoms with Gasteiger partial charge in [0, 0.05) is 19.5 Å². The highest BCUT2D eigenvalue weighted by Gasteiger charge is 2.29. The fraction of sp³-hybridized carbons (Fsp3) is 0.636. The number of benzene rings is 1. The number of likely N-dealkylation sites (tertiary alicyclic amines) is 1. The maximum atomic E-state index is 12.2. The number of hydrogen-bond donors (Lipinski definition) is 1. The Hall–Kier alpha value is -2.24. The van der Waals surface area contributed by atoms with Gasteiger partial charge >= 0.3 is 6.09 Å². The monoisotopic (exact) mass is 390 g/mol. The largest absolute Gasteiger partial charge is 0.492 e. The number of ether oxygens (including phenoxy) is 2. The SMILES string of the molecule is C[C@@H](CC(=O)NCCOc1ccccc1)C1CCN(C(=O)OC(C)(C)C)CC1. The van der Waals surface area contributed by atoms with Crippen molar-refractivity contribution in [3.8, 4) is 5.75 Å². The van der Waals surface area contributed by atoms with Gasteiger partial charge in [-0.15, -0.1) is 0 Å². The van der Waals surface area contributed by atoms with Gasteiger partial charge in [0.15, 0.2) is 0 Å². The first-order valence-corrected chi connectivity index (χ1v) is 10.2. The Kier molecular flexibility index (Phi) is 8.15. The molecule has 1 aromatic rings. The molecule has 0 aromatic heterocycles. The van der Waals surface area contributed by atoms with E-state index in [0.717, 1.165) is 18.6 Å². The van der Waals surface area contributed by atoms with Crippen LogP contribution in [-0.4, -0.2) is 48.7 Å². The highest BCUT2D eigenvalue weighted by molar-refractivity contribution is 5.76. The number of amides is 2. The van der Waals surface area contributed by atoms with E-state index in [2.05, 4.69) is 12.2 Å². The van der Waals surface area contributed by atoms with Gasteiger partial charge in [-0.1, -0.05) is 25.1 Å². The Morgan fingerprint density at radius 3 is 2.43 bits per heavy atom. The van der Waals surface area contributed by atoms with Crippen molar-refractivity contribution in [1.29, 1.82) is 0 Å². The minimum Gasteiger partial charge on any atom is -0.492 e. The van der Waals surface area contributed by atoms with Gasteiger partial charge in [0.05, 0.1) is 6.54 Å². The number of nitrogens with one attached hydrogen (secondary N) is 1. The van der Waals surface area contributed by atoms with E-state index < -0.39 is 5.60 Å². The fourth-order valence-corrected chi connectivity index (χ4v) is 3.38. The molecular weight excluding hydrogens is 356 g/mol. The summed E-state index contributed by atoms with van der Waals surface area (Å²) in [5.41, 5.74) is -0.469. The van der Waals surface area contributed by atoms with Crippen molar-refractivity contribution in [3.05, 3.63) is 30.3 Å². The zero-order valence-corrected chi connectivity index (χ0v) is 17.6. The molecule has 1 saturated heterocycles. The van der Waals surface area contributed by atoms with E-state index in [0.29, 0.717) is 38.6 Å². The molecular formula is C22H34N2O4.